The third-order valence-electron chi connectivity index (χ3n) is 4.45. The summed E-state index contributed by atoms with van der Waals surface area (Å²) < 4.78 is 0. The maximum atomic E-state index is 13.3. The minimum atomic E-state index is -1.13. The Morgan fingerprint density at radius 2 is 1.74 bits per heavy atom. The van der Waals surface area contributed by atoms with E-state index in [2.05, 4.69) is 22.5 Å². The summed E-state index contributed by atoms with van der Waals surface area (Å²) in [7, 11) is 0. The number of benzene rings is 2. The van der Waals surface area contributed by atoms with Crippen LogP contribution in [0, 0.1) is 0 Å². The van der Waals surface area contributed by atoms with Gasteiger partial charge in [0.1, 0.15) is 0 Å². The average molecular weight is 305 g/mol. The number of hydrogen-bond acceptors (Lipinski definition) is 3. The number of rotatable bonds is 2. The minimum Gasteiger partial charge on any atom is -0.365 e. The highest BCUT2D eigenvalue weighted by atomic mass is 16.2. The van der Waals surface area contributed by atoms with E-state index in [0.717, 1.165) is 11.3 Å². The molecule has 2 aromatic carbocycles. The molecule has 2 amide bonds. The fourth-order valence-corrected chi connectivity index (χ4v) is 3.36. The normalized spacial score (nSPS) is 24.8. The Labute approximate surface area is 133 Å². The van der Waals surface area contributed by atoms with Gasteiger partial charge < -0.3 is 16.0 Å². The lowest BCUT2D eigenvalue weighted by molar-refractivity contribution is 0.0895. The molecule has 0 aromatic heterocycles. The number of carbonyl (C=O) groups excluding carboxylic acids is 2. The molecule has 0 unspecified atom stereocenters. The molecule has 0 saturated carbocycles. The molecule has 0 radical (unpaired) electrons. The molecule has 2 aliphatic rings. The first-order valence-electron chi connectivity index (χ1n) is 7.37. The van der Waals surface area contributed by atoms with E-state index in [1.807, 2.05) is 42.5 Å². The van der Waals surface area contributed by atoms with E-state index in [1.165, 1.54) is 0 Å². The van der Waals surface area contributed by atoms with Crippen molar-refractivity contribution in [2.75, 3.05) is 5.32 Å². The number of anilines is 1. The van der Waals surface area contributed by atoms with Gasteiger partial charge in [-0.3, -0.25) is 4.79 Å². The molecule has 0 bridgehead atoms. The second-order valence-electron chi connectivity index (χ2n) is 5.73. The minimum absolute atomic E-state index is 0.128. The zero-order valence-corrected chi connectivity index (χ0v) is 12.3. The molecule has 23 heavy (non-hydrogen) atoms. The highest BCUT2D eigenvalue weighted by Gasteiger charge is 2.57. The number of urea groups is 1. The topological polar surface area (TPSA) is 70.2 Å². The lowest BCUT2D eigenvalue weighted by Gasteiger charge is -2.40. The molecule has 4 rings (SSSR count). The predicted octanol–water partition coefficient (Wildman–Crippen LogP) is 2.60. The third-order valence-corrected chi connectivity index (χ3v) is 4.45. The van der Waals surface area contributed by atoms with Gasteiger partial charge in [-0.05, 0) is 6.07 Å². The Balaban J connectivity index is 1.89. The molecule has 3 N–H and O–H groups in total. The van der Waals surface area contributed by atoms with E-state index < -0.39 is 11.6 Å². The number of carbonyl (C=O) groups is 2. The van der Waals surface area contributed by atoms with Crippen LogP contribution in [0.4, 0.5) is 10.5 Å². The molecule has 2 aliphatic heterocycles. The van der Waals surface area contributed by atoms with Crippen LogP contribution >= 0.6 is 0 Å². The number of amides is 2. The molecule has 5 nitrogen and oxygen atoms in total. The van der Waals surface area contributed by atoms with E-state index in [0.29, 0.717) is 11.3 Å². The molecule has 2 aromatic rings. The first-order chi connectivity index (χ1) is 11.1. The van der Waals surface area contributed by atoms with Crippen LogP contribution in [-0.4, -0.2) is 17.4 Å². The zero-order chi connectivity index (χ0) is 16.0. The van der Waals surface area contributed by atoms with Gasteiger partial charge in [-0.15, -0.1) is 0 Å². The van der Waals surface area contributed by atoms with Gasteiger partial charge in [0, 0.05) is 22.5 Å². The third kappa shape index (κ3) is 1.80. The SMILES string of the molecule is C=C1NC(=O)N[C@H]2c3ccccc3N[C@@]12C(=O)c1ccccc1. The summed E-state index contributed by atoms with van der Waals surface area (Å²) in [6, 6.07) is 15.8. The maximum absolute atomic E-state index is 13.3. The van der Waals surface area contributed by atoms with Crippen molar-refractivity contribution in [3.8, 4) is 0 Å². The first kappa shape index (κ1) is 13.6. The van der Waals surface area contributed by atoms with Crippen LogP contribution in [-0.2, 0) is 0 Å². The number of ketones is 1. The highest BCUT2D eigenvalue weighted by Crippen LogP contribution is 2.47. The summed E-state index contributed by atoms with van der Waals surface area (Å²) in [5.74, 6) is -0.128. The van der Waals surface area contributed by atoms with Gasteiger partial charge in [0.2, 0.25) is 0 Å². The van der Waals surface area contributed by atoms with Crippen molar-refractivity contribution < 1.29 is 9.59 Å². The summed E-state index contributed by atoms with van der Waals surface area (Å²) in [4.78, 5) is 25.2. The molecule has 0 aliphatic carbocycles. The number of para-hydroxylation sites is 1. The van der Waals surface area contributed by atoms with Crippen molar-refractivity contribution in [2.45, 2.75) is 11.6 Å². The molecule has 1 saturated heterocycles. The maximum Gasteiger partial charge on any atom is 0.319 e. The lowest BCUT2D eigenvalue weighted by atomic mass is 9.78. The van der Waals surface area contributed by atoms with Crippen LogP contribution in [0.2, 0.25) is 0 Å². The smallest absolute Gasteiger partial charge is 0.319 e. The molecule has 1 fully saturated rings. The number of fused-ring (bicyclic) bond motifs is 3. The van der Waals surface area contributed by atoms with Crippen molar-refractivity contribution in [3.63, 3.8) is 0 Å². The molecule has 2 atom stereocenters. The Bertz CT molecular complexity index is 831. The molecule has 5 heteroatoms. The number of hydrogen-bond donors (Lipinski definition) is 3. The second kappa shape index (κ2) is 4.71. The highest BCUT2D eigenvalue weighted by molar-refractivity contribution is 6.11. The average Bonchev–Trinajstić information content (AvgIpc) is 2.91. The lowest BCUT2D eigenvalue weighted by Crippen LogP contribution is -2.63. The number of Topliss-reactive ketones (excluding diaryl/α,β-unsaturated/α-hetero) is 1. The number of nitrogens with one attached hydrogen (secondary N) is 3. The van der Waals surface area contributed by atoms with Crippen LogP contribution in [0.5, 0.6) is 0 Å². The van der Waals surface area contributed by atoms with Gasteiger partial charge in [-0.25, -0.2) is 4.79 Å². The first-order valence-corrected chi connectivity index (χ1v) is 7.37. The fourth-order valence-electron chi connectivity index (χ4n) is 3.36. The summed E-state index contributed by atoms with van der Waals surface area (Å²) in [5, 5.41) is 8.80. The molecule has 114 valence electrons. The van der Waals surface area contributed by atoms with Gasteiger partial charge in [-0.1, -0.05) is 55.1 Å². The fraction of sp³-hybridized carbons (Fsp3) is 0.111. The van der Waals surface area contributed by atoms with E-state index in [1.54, 1.807) is 12.1 Å². The van der Waals surface area contributed by atoms with E-state index in [-0.39, 0.29) is 11.8 Å². The summed E-state index contributed by atoms with van der Waals surface area (Å²) >= 11 is 0. The molecule has 0 spiro atoms. The summed E-state index contributed by atoms with van der Waals surface area (Å²) in [6.07, 6.45) is 0. The van der Waals surface area contributed by atoms with Crippen molar-refractivity contribution in [3.05, 3.63) is 78.0 Å². The second-order valence-corrected chi connectivity index (χ2v) is 5.73. The van der Waals surface area contributed by atoms with Crippen LogP contribution in [0.3, 0.4) is 0 Å². The van der Waals surface area contributed by atoms with Crippen LogP contribution in [0.15, 0.2) is 66.9 Å². The summed E-state index contributed by atoms with van der Waals surface area (Å²) in [6.45, 7) is 3.95. The van der Waals surface area contributed by atoms with Crippen molar-refractivity contribution >= 4 is 17.5 Å². The molecular weight excluding hydrogens is 290 g/mol. The largest absolute Gasteiger partial charge is 0.365 e. The predicted molar refractivity (Wildman–Crippen MR) is 87.1 cm³/mol. The van der Waals surface area contributed by atoms with Gasteiger partial charge in [0.25, 0.3) is 0 Å². The standard InChI is InChI=1S/C18H15N3O2/c1-11-18(16(22)12-7-3-2-4-8-12)15(20-17(23)19-11)13-9-5-6-10-14(13)21-18/h2-10,15,21H,1H2,(H2,19,20,23)/t15-,18-/m0/s1. The summed E-state index contributed by atoms with van der Waals surface area (Å²) in [5.41, 5.74) is 1.51. The zero-order valence-electron chi connectivity index (χ0n) is 12.3. The van der Waals surface area contributed by atoms with Gasteiger partial charge in [-0.2, -0.15) is 0 Å². The van der Waals surface area contributed by atoms with E-state index >= 15 is 0 Å². The van der Waals surface area contributed by atoms with E-state index in [4.69, 9.17) is 0 Å². The Hall–Kier alpha value is -3.08. The quantitative estimate of drug-likeness (QED) is 0.747. The van der Waals surface area contributed by atoms with Gasteiger partial charge in [0.05, 0.1) is 6.04 Å². The molecular formula is C18H15N3O2. The van der Waals surface area contributed by atoms with Crippen molar-refractivity contribution in [2.24, 2.45) is 0 Å². The van der Waals surface area contributed by atoms with Crippen molar-refractivity contribution in [1.82, 2.24) is 10.6 Å². The Morgan fingerprint density at radius 3 is 2.52 bits per heavy atom. The van der Waals surface area contributed by atoms with Crippen molar-refractivity contribution in [1.29, 1.82) is 0 Å². The van der Waals surface area contributed by atoms with Gasteiger partial charge >= 0.3 is 6.03 Å². The van der Waals surface area contributed by atoms with Crippen LogP contribution in [0.1, 0.15) is 22.0 Å². The van der Waals surface area contributed by atoms with E-state index in [9.17, 15) is 9.59 Å². The van der Waals surface area contributed by atoms with Gasteiger partial charge in [0.15, 0.2) is 11.3 Å². The van der Waals surface area contributed by atoms with Crippen LogP contribution in [0.25, 0.3) is 0 Å². The Morgan fingerprint density at radius 1 is 1.04 bits per heavy atom. The monoisotopic (exact) mass is 305 g/mol. The Kier molecular flexibility index (Phi) is 2.78. The molecule has 2 heterocycles. The van der Waals surface area contributed by atoms with Crippen LogP contribution < -0.4 is 16.0 Å².